The molecular weight excluding hydrogens is 418 g/mol. The zero-order valence-corrected chi connectivity index (χ0v) is 20.3. The highest BCUT2D eigenvalue weighted by molar-refractivity contribution is 7.13. The van der Waals surface area contributed by atoms with Crippen LogP contribution in [-0.4, -0.2) is 72.6 Å². The highest BCUT2D eigenvalue weighted by Crippen LogP contribution is 2.41. The van der Waals surface area contributed by atoms with Crippen molar-refractivity contribution in [3.63, 3.8) is 0 Å². The number of carbonyl (C=O) groups excluding carboxylic acids is 1. The molecule has 3 fully saturated rings. The monoisotopic (exact) mass is 455 g/mol. The van der Waals surface area contributed by atoms with Crippen LogP contribution in [0.3, 0.4) is 0 Å². The highest BCUT2D eigenvalue weighted by atomic mass is 32.1. The summed E-state index contributed by atoms with van der Waals surface area (Å²) in [5.74, 6) is 2.87. The number of rotatable bonds is 6. The van der Waals surface area contributed by atoms with Gasteiger partial charge in [0.05, 0.1) is 4.70 Å². The van der Waals surface area contributed by atoms with Crippen LogP contribution in [-0.2, 0) is 0 Å². The third-order valence-electron chi connectivity index (χ3n) is 7.73. The maximum Gasteiger partial charge on any atom is 0.317 e. The van der Waals surface area contributed by atoms with E-state index in [0.717, 1.165) is 37.8 Å². The van der Waals surface area contributed by atoms with E-state index in [4.69, 9.17) is 4.37 Å². The van der Waals surface area contributed by atoms with E-state index in [2.05, 4.69) is 39.4 Å². The average Bonchev–Trinajstić information content (AvgIpc) is 3.57. The summed E-state index contributed by atoms with van der Waals surface area (Å²) >= 11 is 1.64. The second kappa shape index (κ2) is 9.56. The predicted molar refractivity (Wildman–Crippen MR) is 132 cm³/mol. The van der Waals surface area contributed by atoms with Crippen LogP contribution in [0.1, 0.15) is 44.9 Å². The van der Waals surface area contributed by atoms with Gasteiger partial charge in [-0.2, -0.15) is 4.37 Å². The molecule has 1 aromatic heterocycles. The summed E-state index contributed by atoms with van der Waals surface area (Å²) in [5.41, 5.74) is 0. The average molecular weight is 456 g/mol. The van der Waals surface area contributed by atoms with Gasteiger partial charge in [0, 0.05) is 51.2 Å². The normalized spacial score (nSPS) is 26.9. The van der Waals surface area contributed by atoms with Crippen LogP contribution >= 0.6 is 11.5 Å². The Balaban J connectivity index is 1.13. The van der Waals surface area contributed by atoms with E-state index in [-0.39, 0.29) is 6.03 Å². The van der Waals surface area contributed by atoms with Gasteiger partial charge < -0.3 is 15.1 Å². The number of nitrogens with one attached hydrogen (secondary N) is 1. The van der Waals surface area contributed by atoms with Gasteiger partial charge >= 0.3 is 6.03 Å². The maximum absolute atomic E-state index is 11.9. The fourth-order valence-corrected chi connectivity index (χ4v) is 6.35. The fourth-order valence-electron chi connectivity index (χ4n) is 5.56. The second-order valence-corrected chi connectivity index (χ2v) is 11.1. The smallest absolute Gasteiger partial charge is 0.317 e. The summed E-state index contributed by atoms with van der Waals surface area (Å²) in [6.07, 6.45) is 8.79. The Morgan fingerprint density at radius 3 is 2.66 bits per heavy atom. The molecule has 1 aliphatic heterocycles. The van der Waals surface area contributed by atoms with Crippen molar-refractivity contribution in [3.05, 3.63) is 24.3 Å². The van der Waals surface area contributed by atoms with Gasteiger partial charge in [-0.05, 0) is 87.0 Å². The molecule has 5 rings (SSSR count). The molecule has 7 heteroatoms. The number of hydrogen-bond donors (Lipinski definition) is 1. The molecule has 1 aromatic carbocycles. The highest BCUT2D eigenvalue weighted by Gasteiger charge is 2.40. The Bertz CT molecular complexity index is 918. The fraction of sp³-hybridized carbons (Fsp3) is 0.680. The van der Waals surface area contributed by atoms with Crippen LogP contribution in [0.2, 0.25) is 0 Å². The molecule has 0 spiro atoms. The third kappa shape index (κ3) is 4.88. The minimum Gasteiger partial charge on any atom is -0.349 e. The summed E-state index contributed by atoms with van der Waals surface area (Å²) < 4.78 is 6.18. The van der Waals surface area contributed by atoms with Crippen LogP contribution in [0.15, 0.2) is 24.3 Å². The summed E-state index contributed by atoms with van der Waals surface area (Å²) in [5, 5.41) is 4.49. The Labute approximate surface area is 196 Å². The number of anilines is 1. The quantitative estimate of drug-likeness (QED) is 0.701. The van der Waals surface area contributed by atoms with E-state index < -0.39 is 0 Å². The van der Waals surface area contributed by atoms with Crippen LogP contribution in [0.25, 0.3) is 10.1 Å². The lowest BCUT2D eigenvalue weighted by Crippen LogP contribution is -2.54. The summed E-state index contributed by atoms with van der Waals surface area (Å²) in [6, 6.07) is 9.71. The lowest BCUT2D eigenvalue weighted by atomic mass is 9.84. The van der Waals surface area contributed by atoms with E-state index in [1.807, 2.05) is 14.1 Å². The number of urea groups is 1. The molecule has 2 aliphatic carbocycles. The van der Waals surface area contributed by atoms with Crippen molar-refractivity contribution in [2.45, 2.75) is 57.0 Å². The van der Waals surface area contributed by atoms with Gasteiger partial charge in [0.1, 0.15) is 0 Å². The van der Waals surface area contributed by atoms with Gasteiger partial charge in [-0.3, -0.25) is 4.90 Å². The number of carbonyl (C=O) groups is 1. The van der Waals surface area contributed by atoms with E-state index in [1.165, 1.54) is 61.1 Å². The predicted octanol–water partition coefficient (Wildman–Crippen LogP) is 4.42. The molecule has 0 bridgehead atoms. The standard InChI is InChI=1S/C25H37N5OS/c1-28(2)25(31)26-20-11-7-18(8-12-20)13-14-29-15-16-30(22(17-29)19-9-10-19)24-21-5-3-4-6-23(21)32-27-24/h3-6,18-20,22H,7-17H2,1-2H3,(H,26,31). The van der Waals surface area contributed by atoms with E-state index in [0.29, 0.717) is 12.1 Å². The Morgan fingerprint density at radius 2 is 1.91 bits per heavy atom. The van der Waals surface area contributed by atoms with Crippen molar-refractivity contribution < 1.29 is 4.79 Å². The van der Waals surface area contributed by atoms with Crippen molar-refractivity contribution in [3.8, 4) is 0 Å². The van der Waals surface area contributed by atoms with Gasteiger partial charge in [-0.25, -0.2) is 4.79 Å². The van der Waals surface area contributed by atoms with Crippen molar-refractivity contribution in [1.29, 1.82) is 0 Å². The van der Waals surface area contributed by atoms with E-state index in [9.17, 15) is 4.79 Å². The topological polar surface area (TPSA) is 51.7 Å². The van der Waals surface area contributed by atoms with Crippen LogP contribution in [0.4, 0.5) is 10.6 Å². The molecular formula is C25H37N5OS. The molecule has 32 heavy (non-hydrogen) atoms. The molecule has 2 heterocycles. The molecule has 174 valence electrons. The number of amides is 2. The van der Waals surface area contributed by atoms with E-state index >= 15 is 0 Å². The summed E-state index contributed by atoms with van der Waals surface area (Å²) in [6.45, 7) is 4.64. The molecule has 3 aliphatic rings. The van der Waals surface area contributed by atoms with Crippen molar-refractivity contribution in [2.24, 2.45) is 11.8 Å². The first kappa shape index (κ1) is 22.0. The number of fused-ring (bicyclic) bond motifs is 1. The summed E-state index contributed by atoms with van der Waals surface area (Å²) in [4.78, 5) is 18.9. The number of nitrogens with zero attached hydrogens (tertiary/aromatic N) is 4. The van der Waals surface area contributed by atoms with Crippen molar-refractivity contribution >= 4 is 33.5 Å². The van der Waals surface area contributed by atoms with Crippen molar-refractivity contribution in [2.75, 3.05) is 45.2 Å². The number of aromatic nitrogens is 1. The molecule has 1 atom stereocenters. The Morgan fingerprint density at radius 1 is 1.12 bits per heavy atom. The lowest BCUT2D eigenvalue weighted by molar-refractivity contribution is 0.180. The zero-order chi connectivity index (χ0) is 22.1. The molecule has 1 N–H and O–H groups in total. The first-order chi connectivity index (χ1) is 15.6. The number of piperazine rings is 1. The zero-order valence-electron chi connectivity index (χ0n) is 19.5. The largest absolute Gasteiger partial charge is 0.349 e. The third-order valence-corrected chi connectivity index (χ3v) is 8.55. The molecule has 0 radical (unpaired) electrons. The minimum absolute atomic E-state index is 0.0466. The second-order valence-electron chi connectivity index (χ2n) is 10.3. The minimum atomic E-state index is 0.0466. The SMILES string of the molecule is CN(C)C(=O)NC1CCC(CCN2CCN(c3nsc4ccccc34)C(C3CC3)C2)CC1. The van der Waals surface area contributed by atoms with Gasteiger partial charge in [0.25, 0.3) is 0 Å². The molecule has 1 saturated heterocycles. The van der Waals surface area contributed by atoms with Crippen LogP contribution in [0, 0.1) is 11.8 Å². The molecule has 6 nitrogen and oxygen atoms in total. The van der Waals surface area contributed by atoms with Gasteiger partial charge in [0.2, 0.25) is 0 Å². The maximum atomic E-state index is 11.9. The number of hydrogen-bond acceptors (Lipinski definition) is 5. The molecule has 2 aromatic rings. The summed E-state index contributed by atoms with van der Waals surface area (Å²) in [7, 11) is 3.62. The lowest BCUT2D eigenvalue weighted by Gasteiger charge is -2.43. The Hall–Kier alpha value is -1.86. The van der Waals surface area contributed by atoms with E-state index in [1.54, 1.807) is 16.4 Å². The van der Waals surface area contributed by atoms with Gasteiger partial charge in [0.15, 0.2) is 5.82 Å². The van der Waals surface area contributed by atoms with Crippen LogP contribution < -0.4 is 10.2 Å². The first-order valence-electron chi connectivity index (χ1n) is 12.4. The molecule has 1 unspecified atom stereocenters. The number of benzene rings is 1. The molecule has 2 saturated carbocycles. The van der Waals surface area contributed by atoms with Gasteiger partial charge in [-0.15, -0.1) is 0 Å². The molecule has 2 amide bonds. The first-order valence-corrected chi connectivity index (χ1v) is 13.2. The van der Waals surface area contributed by atoms with Crippen LogP contribution in [0.5, 0.6) is 0 Å². The Kier molecular flexibility index (Phi) is 6.56. The van der Waals surface area contributed by atoms with Crippen molar-refractivity contribution in [1.82, 2.24) is 19.5 Å². The van der Waals surface area contributed by atoms with Gasteiger partial charge in [-0.1, -0.05) is 12.1 Å².